The van der Waals surface area contributed by atoms with E-state index in [1.54, 1.807) is 24.3 Å². The van der Waals surface area contributed by atoms with Gasteiger partial charge in [0.2, 0.25) is 0 Å². The standard InChI is InChI=1S/C16H14ClN3O3/c17-12-6-4-9(5-7-12)13(16(22)23)20-15(21)11-3-1-2-10(8-11)14(18)19/h1-8,13H,(H3,18,19)(H,20,21)(H,22,23). The second-order valence-corrected chi connectivity index (χ2v) is 5.23. The van der Waals surface area contributed by atoms with Gasteiger partial charge in [0.05, 0.1) is 0 Å². The van der Waals surface area contributed by atoms with Gasteiger partial charge in [-0.25, -0.2) is 4.79 Å². The Bertz CT molecular complexity index is 759. The molecule has 23 heavy (non-hydrogen) atoms. The molecule has 0 heterocycles. The molecule has 0 aliphatic carbocycles. The molecule has 0 aliphatic heterocycles. The summed E-state index contributed by atoms with van der Waals surface area (Å²) in [7, 11) is 0. The van der Waals surface area contributed by atoms with Gasteiger partial charge < -0.3 is 16.2 Å². The first kappa shape index (κ1) is 16.5. The zero-order valence-electron chi connectivity index (χ0n) is 11.9. The highest BCUT2D eigenvalue weighted by molar-refractivity contribution is 6.30. The summed E-state index contributed by atoms with van der Waals surface area (Å²) in [6.07, 6.45) is 0. The Morgan fingerprint density at radius 2 is 1.74 bits per heavy atom. The highest BCUT2D eigenvalue weighted by Crippen LogP contribution is 2.18. The first-order chi connectivity index (χ1) is 10.9. The fraction of sp³-hybridized carbons (Fsp3) is 0.0625. The van der Waals surface area contributed by atoms with Crippen molar-refractivity contribution in [2.75, 3.05) is 0 Å². The van der Waals surface area contributed by atoms with Gasteiger partial charge in [-0.05, 0) is 29.8 Å². The molecule has 118 valence electrons. The minimum absolute atomic E-state index is 0.174. The number of nitrogens with one attached hydrogen (secondary N) is 2. The van der Waals surface area contributed by atoms with Crippen LogP contribution in [0.4, 0.5) is 0 Å². The molecule has 5 N–H and O–H groups in total. The SMILES string of the molecule is N=C(N)c1cccc(C(=O)NC(C(=O)O)c2ccc(Cl)cc2)c1. The summed E-state index contributed by atoms with van der Waals surface area (Å²) in [6.45, 7) is 0. The van der Waals surface area contributed by atoms with E-state index in [1.165, 1.54) is 24.3 Å². The molecule has 0 spiro atoms. The van der Waals surface area contributed by atoms with Crippen molar-refractivity contribution in [1.29, 1.82) is 5.41 Å². The average Bonchev–Trinajstić information content (AvgIpc) is 2.53. The predicted molar refractivity (Wildman–Crippen MR) is 86.8 cm³/mol. The molecule has 2 aromatic rings. The van der Waals surface area contributed by atoms with Crippen LogP contribution in [0.2, 0.25) is 5.02 Å². The van der Waals surface area contributed by atoms with Crippen molar-refractivity contribution in [2.45, 2.75) is 6.04 Å². The highest BCUT2D eigenvalue weighted by atomic mass is 35.5. The Kier molecular flexibility index (Phi) is 4.98. The van der Waals surface area contributed by atoms with Crippen LogP contribution in [0.25, 0.3) is 0 Å². The number of benzene rings is 2. The Hall–Kier alpha value is -2.86. The first-order valence-electron chi connectivity index (χ1n) is 6.62. The van der Waals surface area contributed by atoms with Crippen LogP contribution >= 0.6 is 11.6 Å². The van der Waals surface area contributed by atoms with E-state index >= 15 is 0 Å². The van der Waals surface area contributed by atoms with Crippen LogP contribution in [0.15, 0.2) is 48.5 Å². The third-order valence-electron chi connectivity index (χ3n) is 3.16. The first-order valence-corrected chi connectivity index (χ1v) is 7.00. The topological polar surface area (TPSA) is 116 Å². The Balaban J connectivity index is 2.25. The lowest BCUT2D eigenvalue weighted by Gasteiger charge is -2.15. The number of carboxylic acids is 1. The fourth-order valence-electron chi connectivity index (χ4n) is 1.99. The molecule has 0 bridgehead atoms. The van der Waals surface area contributed by atoms with E-state index in [2.05, 4.69) is 5.32 Å². The van der Waals surface area contributed by atoms with Crippen molar-refractivity contribution >= 4 is 29.3 Å². The summed E-state index contributed by atoms with van der Waals surface area (Å²) in [5.74, 6) is -1.94. The smallest absolute Gasteiger partial charge is 0.330 e. The van der Waals surface area contributed by atoms with E-state index in [0.717, 1.165) is 0 Å². The quantitative estimate of drug-likeness (QED) is 0.496. The summed E-state index contributed by atoms with van der Waals surface area (Å²) in [5, 5.41) is 19.6. The van der Waals surface area contributed by atoms with Crippen molar-refractivity contribution in [1.82, 2.24) is 5.32 Å². The number of halogens is 1. The summed E-state index contributed by atoms with van der Waals surface area (Å²) in [4.78, 5) is 23.7. The van der Waals surface area contributed by atoms with Crippen LogP contribution in [0, 0.1) is 5.41 Å². The van der Waals surface area contributed by atoms with Crippen LogP contribution in [0.5, 0.6) is 0 Å². The van der Waals surface area contributed by atoms with Crippen molar-refractivity contribution in [3.8, 4) is 0 Å². The van der Waals surface area contributed by atoms with E-state index in [0.29, 0.717) is 16.1 Å². The van der Waals surface area contributed by atoms with Crippen LogP contribution < -0.4 is 11.1 Å². The lowest BCUT2D eigenvalue weighted by atomic mass is 10.1. The number of hydrogen-bond donors (Lipinski definition) is 4. The summed E-state index contributed by atoms with van der Waals surface area (Å²) < 4.78 is 0. The van der Waals surface area contributed by atoms with Gasteiger partial charge in [-0.15, -0.1) is 0 Å². The molecule has 2 aromatic carbocycles. The van der Waals surface area contributed by atoms with Gasteiger partial charge in [0, 0.05) is 16.1 Å². The van der Waals surface area contributed by atoms with Crippen LogP contribution in [0.3, 0.4) is 0 Å². The zero-order valence-corrected chi connectivity index (χ0v) is 12.7. The second-order valence-electron chi connectivity index (χ2n) is 4.79. The van der Waals surface area contributed by atoms with Crippen LogP contribution in [0.1, 0.15) is 27.5 Å². The molecular weight excluding hydrogens is 318 g/mol. The van der Waals surface area contributed by atoms with E-state index in [9.17, 15) is 14.7 Å². The van der Waals surface area contributed by atoms with Crippen LogP contribution in [-0.2, 0) is 4.79 Å². The van der Waals surface area contributed by atoms with Gasteiger partial charge in [-0.3, -0.25) is 10.2 Å². The summed E-state index contributed by atoms with van der Waals surface area (Å²) in [5.41, 5.74) is 6.39. The maximum atomic E-state index is 12.3. The average molecular weight is 332 g/mol. The van der Waals surface area contributed by atoms with Gasteiger partial charge >= 0.3 is 5.97 Å². The molecule has 0 radical (unpaired) electrons. The molecule has 0 fully saturated rings. The number of amidine groups is 1. The number of nitrogens with two attached hydrogens (primary N) is 1. The molecule has 0 saturated heterocycles. The number of nitrogen functional groups attached to an aromatic ring is 1. The lowest BCUT2D eigenvalue weighted by Crippen LogP contribution is -2.33. The lowest BCUT2D eigenvalue weighted by molar-refractivity contribution is -0.139. The van der Waals surface area contributed by atoms with Crippen LogP contribution in [-0.4, -0.2) is 22.8 Å². The number of carbonyl (C=O) groups is 2. The molecule has 1 atom stereocenters. The zero-order chi connectivity index (χ0) is 17.0. The molecule has 7 heteroatoms. The van der Waals surface area contributed by atoms with E-state index < -0.39 is 17.9 Å². The molecule has 0 aliphatic rings. The third kappa shape index (κ3) is 4.08. The normalized spacial score (nSPS) is 11.5. The largest absolute Gasteiger partial charge is 0.479 e. The monoisotopic (exact) mass is 331 g/mol. The Morgan fingerprint density at radius 3 is 2.30 bits per heavy atom. The van der Waals surface area contributed by atoms with Gasteiger partial charge in [-0.2, -0.15) is 0 Å². The number of hydrogen-bond acceptors (Lipinski definition) is 3. The molecule has 6 nitrogen and oxygen atoms in total. The number of rotatable bonds is 5. The second kappa shape index (κ2) is 6.93. The number of carbonyl (C=O) groups excluding carboxylic acids is 1. The Morgan fingerprint density at radius 1 is 1.13 bits per heavy atom. The maximum absolute atomic E-state index is 12.3. The highest BCUT2D eigenvalue weighted by Gasteiger charge is 2.22. The van der Waals surface area contributed by atoms with Crippen molar-refractivity contribution < 1.29 is 14.7 Å². The van der Waals surface area contributed by atoms with Gasteiger partial charge in [0.1, 0.15) is 5.84 Å². The number of aliphatic carboxylic acids is 1. The molecule has 2 rings (SSSR count). The van der Waals surface area contributed by atoms with Gasteiger partial charge in [-0.1, -0.05) is 35.9 Å². The predicted octanol–water partition coefficient (Wildman–Crippen LogP) is 2.18. The molecule has 1 amide bonds. The number of carboxylic acid groups (broad SMARTS) is 1. The third-order valence-corrected chi connectivity index (χ3v) is 3.41. The summed E-state index contributed by atoms with van der Waals surface area (Å²) in [6, 6.07) is 11.1. The maximum Gasteiger partial charge on any atom is 0.330 e. The van der Waals surface area contributed by atoms with Crippen molar-refractivity contribution in [3.63, 3.8) is 0 Å². The fourth-order valence-corrected chi connectivity index (χ4v) is 2.11. The molecule has 1 unspecified atom stereocenters. The Labute approximate surface area is 137 Å². The molecule has 0 saturated carbocycles. The summed E-state index contributed by atoms with van der Waals surface area (Å²) >= 11 is 5.78. The van der Waals surface area contributed by atoms with Gasteiger partial charge in [0.25, 0.3) is 5.91 Å². The van der Waals surface area contributed by atoms with E-state index in [4.69, 9.17) is 22.7 Å². The molecule has 0 aromatic heterocycles. The van der Waals surface area contributed by atoms with Crippen molar-refractivity contribution in [2.24, 2.45) is 5.73 Å². The van der Waals surface area contributed by atoms with E-state index in [-0.39, 0.29) is 11.4 Å². The minimum atomic E-state index is -1.21. The van der Waals surface area contributed by atoms with Crippen molar-refractivity contribution in [3.05, 3.63) is 70.2 Å². The number of amides is 1. The van der Waals surface area contributed by atoms with Gasteiger partial charge in [0.15, 0.2) is 6.04 Å². The minimum Gasteiger partial charge on any atom is -0.479 e. The van der Waals surface area contributed by atoms with E-state index in [1.807, 2.05) is 0 Å². The molecular formula is C16H14ClN3O3.